The van der Waals surface area contributed by atoms with Crippen molar-refractivity contribution in [2.24, 2.45) is 5.41 Å². The van der Waals surface area contributed by atoms with Crippen molar-refractivity contribution in [3.63, 3.8) is 0 Å². The normalized spacial score (nSPS) is 13.5. The van der Waals surface area contributed by atoms with E-state index in [2.05, 4.69) is 15.9 Å². The molecule has 2 nitrogen and oxygen atoms in total. The Morgan fingerprint density at radius 2 is 2.12 bits per heavy atom. The number of benzene rings is 1. The summed E-state index contributed by atoms with van der Waals surface area (Å²) >= 11 is 3.08. The third-order valence-corrected chi connectivity index (χ3v) is 2.61. The van der Waals surface area contributed by atoms with Crippen molar-refractivity contribution in [2.75, 3.05) is 6.61 Å². The van der Waals surface area contributed by atoms with E-state index in [0.29, 0.717) is 10.2 Å². The van der Waals surface area contributed by atoms with E-state index in [-0.39, 0.29) is 17.8 Å². The first-order valence-electron chi connectivity index (χ1n) is 5.40. The van der Waals surface area contributed by atoms with Crippen molar-refractivity contribution >= 4 is 15.9 Å². The largest absolute Gasteiger partial charge is 0.491 e. The molecule has 0 heterocycles. The molecule has 1 aromatic rings. The fourth-order valence-electron chi connectivity index (χ4n) is 1.37. The van der Waals surface area contributed by atoms with Crippen LogP contribution in [0.1, 0.15) is 20.8 Å². The van der Waals surface area contributed by atoms with Crippen LogP contribution in [0.4, 0.5) is 4.39 Å². The SMILES string of the molecule is CC(C)(C)[CH][C@@H](O)COc1ccc(F)c(Br)c1. The van der Waals surface area contributed by atoms with Gasteiger partial charge in [-0.3, -0.25) is 0 Å². The summed E-state index contributed by atoms with van der Waals surface area (Å²) in [4.78, 5) is 0. The fraction of sp³-hybridized carbons (Fsp3) is 0.462. The smallest absolute Gasteiger partial charge is 0.137 e. The minimum Gasteiger partial charge on any atom is -0.491 e. The second kappa shape index (κ2) is 5.83. The van der Waals surface area contributed by atoms with Gasteiger partial charge in [-0.05, 0) is 46.0 Å². The molecule has 0 aliphatic carbocycles. The molecule has 0 unspecified atom stereocenters. The highest BCUT2D eigenvalue weighted by Crippen LogP contribution is 2.23. The summed E-state index contributed by atoms with van der Waals surface area (Å²) < 4.78 is 18.7. The maximum absolute atomic E-state index is 13.0. The second-order valence-electron chi connectivity index (χ2n) is 4.99. The lowest BCUT2D eigenvalue weighted by molar-refractivity contribution is 0.115. The first-order chi connectivity index (χ1) is 7.78. The molecule has 1 N–H and O–H groups in total. The van der Waals surface area contributed by atoms with Crippen molar-refractivity contribution in [3.05, 3.63) is 34.9 Å². The summed E-state index contributed by atoms with van der Waals surface area (Å²) in [5, 5.41) is 9.70. The standard InChI is InChI=1S/C13H17BrFO2/c1-13(2,3)7-9(16)8-17-10-4-5-12(15)11(14)6-10/h4-7,9,16H,8H2,1-3H3/t9-/m1/s1. The van der Waals surface area contributed by atoms with Crippen LogP contribution in [0, 0.1) is 17.7 Å². The maximum atomic E-state index is 13.0. The van der Waals surface area contributed by atoms with E-state index in [0.717, 1.165) is 0 Å². The van der Waals surface area contributed by atoms with E-state index in [4.69, 9.17) is 4.74 Å². The molecule has 0 aliphatic heterocycles. The molecule has 0 saturated carbocycles. The lowest BCUT2D eigenvalue weighted by Crippen LogP contribution is -2.24. The van der Waals surface area contributed by atoms with Crippen molar-refractivity contribution in [1.82, 2.24) is 0 Å². The number of ether oxygens (including phenoxy) is 1. The van der Waals surface area contributed by atoms with Gasteiger partial charge in [0, 0.05) is 0 Å². The number of aliphatic hydroxyl groups excluding tert-OH is 1. The second-order valence-corrected chi connectivity index (χ2v) is 5.84. The summed E-state index contributed by atoms with van der Waals surface area (Å²) in [7, 11) is 0. The highest BCUT2D eigenvalue weighted by atomic mass is 79.9. The Morgan fingerprint density at radius 3 is 2.65 bits per heavy atom. The summed E-state index contributed by atoms with van der Waals surface area (Å²) in [5.74, 6) is 0.193. The van der Waals surface area contributed by atoms with Gasteiger partial charge in [-0.1, -0.05) is 20.8 Å². The van der Waals surface area contributed by atoms with Crippen LogP contribution in [0.15, 0.2) is 22.7 Å². The quantitative estimate of drug-likeness (QED) is 0.921. The molecule has 17 heavy (non-hydrogen) atoms. The number of halogens is 2. The molecular formula is C13H17BrFO2. The first-order valence-corrected chi connectivity index (χ1v) is 6.19. The van der Waals surface area contributed by atoms with Gasteiger partial charge in [0.05, 0.1) is 10.6 Å². The summed E-state index contributed by atoms with van der Waals surface area (Å²) in [6.45, 7) is 6.18. The molecule has 1 atom stereocenters. The molecule has 1 radical (unpaired) electrons. The monoisotopic (exact) mass is 303 g/mol. The van der Waals surface area contributed by atoms with Gasteiger partial charge in [-0.2, -0.15) is 0 Å². The van der Waals surface area contributed by atoms with Crippen LogP contribution in [0.5, 0.6) is 5.75 Å². The molecule has 95 valence electrons. The summed E-state index contributed by atoms with van der Waals surface area (Å²) in [5.41, 5.74) is -0.0633. The Kier molecular flexibility index (Phi) is 4.95. The molecule has 4 heteroatoms. The van der Waals surface area contributed by atoms with Gasteiger partial charge in [0.15, 0.2) is 0 Å². The molecular weight excluding hydrogens is 287 g/mol. The highest BCUT2D eigenvalue weighted by Gasteiger charge is 2.17. The fourth-order valence-corrected chi connectivity index (χ4v) is 1.73. The third-order valence-electron chi connectivity index (χ3n) is 2.00. The van der Waals surface area contributed by atoms with Crippen LogP contribution in [-0.4, -0.2) is 17.8 Å². The van der Waals surface area contributed by atoms with E-state index in [1.165, 1.54) is 12.1 Å². The van der Waals surface area contributed by atoms with Gasteiger partial charge in [0.1, 0.15) is 18.2 Å². The molecule has 1 aromatic carbocycles. The average Bonchev–Trinajstić information content (AvgIpc) is 2.17. The van der Waals surface area contributed by atoms with E-state index in [9.17, 15) is 9.50 Å². The zero-order chi connectivity index (χ0) is 13.1. The molecule has 0 aliphatic rings. The molecule has 0 fully saturated rings. The van der Waals surface area contributed by atoms with Crippen molar-refractivity contribution in [1.29, 1.82) is 0 Å². The van der Waals surface area contributed by atoms with Gasteiger partial charge >= 0.3 is 0 Å². The minimum absolute atomic E-state index is 0.0633. The Balaban J connectivity index is 2.47. The van der Waals surface area contributed by atoms with Gasteiger partial charge in [0.25, 0.3) is 0 Å². The molecule has 0 saturated heterocycles. The Bertz CT molecular complexity index is 374. The number of hydrogen-bond acceptors (Lipinski definition) is 2. The van der Waals surface area contributed by atoms with Gasteiger partial charge in [-0.25, -0.2) is 4.39 Å². The van der Waals surface area contributed by atoms with Crippen LogP contribution in [-0.2, 0) is 0 Å². The highest BCUT2D eigenvalue weighted by molar-refractivity contribution is 9.10. The van der Waals surface area contributed by atoms with Crippen LogP contribution in [0.2, 0.25) is 0 Å². The third kappa shape index (κ3) is 5.50. The average molecular weight is 304 g/mol. The lowest BCUT2D eigenvalue weighted by atomic mass is 9.89. The predicted octanol–water partition coefficient (Wildman–Crippen LogP) is 3.58. The zero-order valence-electron chi connectivity index (χ0n) is 10.2. The Labute approximate surface area is 110 Å². The van der Waals surface area contributed by atoms with Gasteiger partial charge in [-0.15, -0.1) is 0 Å². The topological polar surface area (TPSA) is 29.5 Å². The number of hydrogen-bond donors (Lipinski definition) is 1. The van der Waals surface area contributed by atoms with Crippen LogP contribution >= 0.6 is 15.9 Å². The van der Waals surface area contributed by atoms with E-state index in [1.807, 2.05) is 27.2 Å². The van der Waals surface area contributed by atoms with Crippen molar-refractivity contribution < 1.29 is 14.2 Å². The van der Waals surface area contributed by atoms with E-state index in [1.54, 1.807) is 6.07 Å². The zero-order valence-corrected chi connectivity index (χ0v) is 11.8. The first kappa shape index (κ1) is 14.5. The predicted molar refractivity (Wildman–Crippen MR) is 69.4 cm³/mol. The minimum atomic E-state index is -0.640. The molecule has 1 rings (SSSR count). The molecule has 0 spiro atoms. The number of rotatable bonds is 4. The van der Waals surface area contributed by atoms with Crippen LogP contribution in [0.25, 0.3) is 0 Å². The van der Waals surface area contributed by atoms with Crippen molar-refractivity contribution in [2.45, 2.75) is 26.9 Å². The van der Waals surface area contributed by atoms with Crippen LogP contribution in [0.3, 0.4) is 0 Å². The molecule has 0 aromatic heterocycles. The molecule has 0 bridgehead atoms. The lowest BCUT2D eigenvalue weighted by Gasteiger charge is -2.22. The van der Waals surface area contributed by atoms with Crippen molar-refractivity contribution in [3.8, 4) is 5.75 Å². The van der Waals surface area contributed by atoms with E-state index < -0.39 is 6.10 Å². The summed E-state index contributed by atoms with van der Waals surface area (Å²) in [6, 6.07) is 4.39. The summed E-state index contributed by atoms with van der Waals surface area (Å²) in [6.07, 6.45) is 1.17. The molecule has 0 amide bonds. The number of aliphatic hydroxyl groups is 1. The van der Waals surface area contributed by atoms with E-state index >= 15 is 0 Å². The van der Waals surface area contributed by atoms with Gasteiger partial charge in [0.2, 0.25) is 0 Å². The van der Waals surface area contributed by atoms with Gasteiger partial charge < -0.3 is 9.84 Å². The Hall–Kier alpha value is -0.610. The Morgan fingerprint density at radius 1 is 1.47 bits per heavy atom. The maximum Gasteiger partial charge on any atom is 0.137 e. The van der Waals surface area contributed by atoms with Crippen LogP contribution < -0.4 is 4.74 Å².